The van der Waals surface area contributed by atoms with E-state index >= 15 is 0 Å². The number of rotatable bonds is 3. The Morgan fingerprint density at radius 2 is 2.22 bits per heavy atom. The van der Waals surface area contributed by atoms with Crippen LogP contribution in [0.1, 0.15) is 50.9 Å². The Hall–Kier alpha value is -0.350. The van der Waals surface area contributed by atoms with Gasteiger partial charge in [-0.25, -0.2) is 0 Å². The van der Waals surface area contributed by atoms with Crippen LogP contribution in [0.15, 0.2) is 4.47 Å². The second-order valence-electron chi connectivity index (χ2n) is 5.74. The number of aromatic nitrogens is 2. The third-order valence-corrected chi connectivity index (χ3v) is 5.43. The normalized spacial score (nSPS) is 28.6. The van der Waals surface area contributed by atoms with Crippen LogP contribution in [0.3, 0.4) is 0 Å². The Bertz CT molecular complexity index is 427. The Balaban J connectivity index is 2.25. The van der Waals surface area contributed by atoms with Crippen LogP contribution in [0.5, 0.6) is 0 Å². The molecule has 0 aromatic carbocycles. The first-order valence-corrected chi connectivity index (χ1v) is 7.76. The van der Waals surface area contributed by atoms with Gasteiger partial charge in [0.2, 0.25) is 0 Å². The lowest BCUT2D eigenvalue weighted by Gasteiger charge is -2.39. The molecule has 1 saturated carbocycles. The molecule has 2 unspecified atom stereocenters. The molecule has 1 aliphatic carbocycles. The minimum atomic E-state index is -0.0560. The molecule has 1 aliphatic rings. The molecule has 0 spiro atoms. The molecule has 18 heavy (non-hydrogen) atoms. The Morgan fingerprint density at radius 1 is 1.50 bits per heavy atom. The van der Waals surface area contributed by atoms with E-state index in [2.05, 4.69) is 34.9 Å². The molecule has 0 aliphatic heterocycles. The van der Waals surface area contributed by atoms with Crippen LogP contribution in [-0.4, -0.2) is 15.3 Å². The largest absolute Gasteiger partial charge is 0.325 e. The number of aryl methyl sites for hydroxylation is 2. The Labute approximate surface area is 118 Å². The predicted molar refractivity (Wildman–Crippen MR) is 78.5 cm³/mol. The molecule has 102 valence electrons. The van der Waals surface area contributed by atoms with Gasteiger partial charge in [-0.15, -0.1) is 0 Å². The van der Waals surface area contributed by atoms with Gasteiger partial charge in [0.05, 0.1) is 15.9 Å². The van der Waals surface area contributed by atoms with Crippen LogP contribution in [0.2, 0.25) is 0 Å². The molecule has 1 aromatic rings. The average Bonchev–Trinajstić information content (AvgIpc) is 2.60. The van der Waals surface area contributed by atoms with Crippen molar-refractivity contribution in [2.75, 3.05) is 0 Å². The lowest BCUT2D eigenvalue weighted by atomic mass is 9.72. The number of hydrogen-bond donors (Lipinski definition) is 1. The summed E-state index contributed by atoms with van der Waals surface area (Å²) in [5.74, 6) is 0.595. The van der Waals surface area contributed by atoms with Crippen LogP contribution in [-0.2, 0) is 19.9 Å². The second-order valence-corrected chi connectivity index (χ2v) is 6.53. The molecule has 0 amide bonds. The molecule has 1 heterocycles. The van der Waals surface area contributed by atoms with Crippen molar-refractivity contribution in [3.8, 4) is 0 Å². The minimum absolute atomic E-state index is 0.0560. The molecule has 2 rings (SSSR count). The van der Waals surface area contributed by atoms with Crippen molar-refractivity contribution < 1.29 is 0 Å². The van der Waals surface area contributed by atoms with E-state index in [0.29, 0.717) is 5.92 Å². The molecular weight excluding hydrogens is 290 g/mol. The van der Waals surface area contributed by atoms with Gasteiger partial charge in [0, 0.05) is 19.0 Å². The third kappa shape index (κ3) is 2.50. The zero-order valence-corrected chi connectivity index (χ0v) is 13.3. The highest BCUT2D eigenvalue weighted by Crippen LogP contribution is 2.36. The number of nitrogens with zero attached hydrogens (tertiary/aromatic N) is 2. The van der Waals surface area contributed by atoms with E-state index in [1.54, 1.807) is 0 Å². The zero-order chi connectivity index (χ0) is 13.3. The number of hydrogen-bond acceptors (Lipinski definition) is 2. The highest BCUT2D eigenvalue weighted by Gasteiger charge is 2.36. The van der Waals surface area contributed by atoms with Crippen molar-refractivity contribution >= 4 is 15.9 Å². The molecule has 3 nitrogen and oxygen atoms in total. The number of nitrogens with two attached hydrogens (primary N) is 1. The van der Waals surface area contributed by atoms with Gasteiger partial charge in [-0.1, -0.05) is 26.7 Å². The van der Waals surface area contributed by atoms with E-state index in [-0.39, 0.29) is 5.54 Å². The van der Waals surface area contributed by atoms with Gasteiger partial charge in [0.1, 0.15) is 0 Å². The van der Waals surface area contributed by atoms with Crippen molar-refractivity contribution in [2.24, 2.45) is 18.7 Å². The lowest BCUT2D eigenvalue weighted by molar-refractivity contribution is 0.200. The summed E-state index contributed by atoms with van der Waals surface area (Å²) in [7, 11) is 2.02. The third-order valence-electron chi connectivity index (χ3n) is 4.51. The standard InChI is InChI=1S/C14H24BrN3/c1-4-11-13(15)12(18(3)17-11)9-14(16)8-6-5-7-10(14)2/h10H,4-9,16H2,1-3H3. The van der Waals surface area contributed by atoms with Crippen molar-refractivity contribution in [3.63, 3.8) is 0 Å². The van der Waals surface area contributed by atoms with Gasteiger partial charge in [-0.3, -0.25) is 4.68 Å². The van der Waals surface area contributed by atoms with E-state index in [4.69, 9.17) is 5.73 Å². The summed E-state index contributed by atoms with van der Waals surface area (Å²) in [6.07, 6.45) is 6.86. The van der Waals surface area contributed by atoms with Gasteiger partial charge in [-0.2, -0.15) is 5.10 Å². The summed E-state index contributed by atoms with van der Waals surface area (Å²) in [5.41, 5.74) is 9.00. The van der Waals surface area contributed by atoms with Crippen LogP contribution in [0.25, 0.3) is 0 Å². The van der Waals surface area contributed by atoms with Crippen LogP contribution in [0, 0.1) is 5.92 Å². The van der Waals surface area contributed by atoms with Crippen LogP contribution in [0.4, 0.5) is 0 Å². The van der Waals surface area contributed by atoms with Gasteiger partial charge >= 0.3 is 0 Å². The van der Waals surface area contributed by atoms with Gasteiger partial charge in [0.25, 0.3) is 0 Å². The fourth-order valence-corrected chi connectivity index (χ4v) is 3.78. The molecule has 4 heteroatoms. The minimum Gasteiger partial charge on any atom is -0.325 e. The highest BCUT2D eigenvalue weighted by atomic mass is 79.9. The summed E-state index contributed by atoms with van der Waals surface area (Å²) in [6, 6.07) is 0. The maximum absolute atomic E-state index is 6.66. The molecule has 1 fully saturated rings. The summed E-state index contributed by atoms with van der Waals surface area (Å²) in [6.45, 7) is 4.43. The molecule has 0 radical (unpaired) electrons. The molecule has 1 aromatic heterocycles. The van der Waals surface area contributed by atoms with Gasteiger partial charge in [-0.05, 0) is 41.1 Å². The second kappa shape index (κ2) is 5.33. The van der Waals surface area contributed by atoms with Crippen LogP contribution >= 0.6 is 15.9 Å². The van der Waals surface area contributed by atoms with Crippen molar-refractivity contribution in [2.45, 2.75) is 57.9 Å². The highest BCUT2D eigenvalue weighted by molar-refractivity contribution is 9.10. The maximum atomic E-state index is 6.66. The summed E-state index contributed by atoms with van der Waals surface area (Å²) >= 11 is 3.69. The van der Waals surface area contributed by atoms with Gasteiger partial charge in [0.15, 0.2) is 0 Å². The van der Waals surface area contributed by atoms with Crippen molar-refractivity contribution in [1.82, 2.24) is 9.78 Å². The first-order chi connectivity index (χ1) is 8.48. The summed E-state index contributed by atoms with van der Waals surface area (Å²) in [5, 5.41) is 4.56. The average molecular weight is 314 g/mol. The van der Waals surface area contributed by atoms with Gasteiger partial charge < -0.3 is 5.73 Å². The molecule has 2 N–H and O–H groups in total. The molecule has 0 bridgehead atoms. The first-order valence-electron chi connectivity index (χ1n) is 6.97. The topological polar surface area (TPSA) is 43.8 Å². The molecular formula is C14H24BrN3. The quantitative estimate of drug-likeness (QED) is 0.931. The Kier molecular flexibility index (Phi) is 4.17. The van der Waals surface area contributed by atoms with Crippen LogP contribution < -0.4 is 5.73 Å². The number of halogens is 1. The summed E-state index contributed by atoms with van der Waals surface area (Å²) < 4.78 is 3.16. The predicted octanol–water partition coefficient (Wildman–Crippen LogP) is 3.20. The van der Waals surface area contributed by atoms with E-state index < -0.39 is 0 Å². The van der Waals surface area contributed by atoms with Crippen molar-refractivity contribution in [3.05, 3.63) is 15.9 Å². The van der Waals surface area contributed by atoms with E-state index in [1.165, 1.54) is 25.0 Å². The first kappa shape index (κ1) is 14.1. The molecule has 0 saturated heterocycles. The fourth-order valence-electron chi connectivity index (χ4n) is 3.02. The zero-order valence-electron chi connectivity index (χ0n) is 11.7. The Morgan fingerprint density at radius 3 is 2.78 bits per heavy atom. The maximum Gasteiger partial charge on any atom is 0.0766 e. The van der Waals surface area contributed by atoms with E-state index in [0.717, 1.165) is 29.4 Å². The smallest absolute Gasteiger partial charge is 0.0766 e. The monoisotopic (exact) mass is 313 g/mol. The van der Waals surface area contributed by atoms with E-state index in [1.807, 2.05) is 11.7 Å². The van der Waals surface area contributed by atoms with Crippen molar-refractivity contribution in [1.29, 1.82) is 0 Å². The lowest BCUT2D eigenvalue weighted by Crippen LogP contribution is -2.50. The molecule has 2 atom stereocenters. The SMILES string of the molecule is CCc1nn(C)c(CC2(N)CCCCC2C)c1Br. The summed E-state index contributed by atoms with van der Waals surface area (Å²) in [4.78, 5) is 0. The fraction of sp³-hybridized carbons (Fsp3) is 0.786. The van der Waals surface area contributed by atoms with E-state index in [9.17, 15) is 0 Å².